The topological polar surface area (TPSA) is 41.1 Å². The molecule has 0 bridgehead atoms. The number of aryl methyl sites for hydroxylation is 1. The van der Waals surface area contributed by atoms with Gasteiger partial charge in [-0.05, 0) is 24.6 Å². The molecule has 2 N–H and O–H groups in total. The Morgan fingerprint density at radius 2 is 2.27 bits per heavy atom. The fourth-order valence-electron chi connectivity index (χ4n) is 1.24. The lowest BCUT2D eigenvalue weighted by Crippen LogP contribution is -2.07. The van der Waals surface area contributed by atoms with E-state index in [0.29, 0.717) is 6.54 Å². The maximum absolute atomic E-state index is 10.9. The van der Waals surface area contributed by atoms with E-state index >= 15 is 0 Å². The minimum Gasteiger partial charge on any atom is -0.374 e. The van der Waals surface area contributed by atoms with Gasteiger partial charge in [0.15, 0.2) is 0 Å². The lowest BCUT2D eigenvalue weighted by Gasteiger charge is -2.09. The third-order valence-electron chi connectivity index (χ3n) is 1.94. The van der Waals surface area contributed by atoms with Crippen LogP contribution in [0.1, 0.15) is 12.5 Å². The second-order valence-electron chi connectivity index (χ2n) is 3.27. The maximum atomic E-state index is 10.9. The van der Waals surface area contributed by atoms with Crippen LogP contribution in [0.4, 0.5) is 11.4 Å². The summed E-state index contributed by atoms with van der Waals surface area (Å²) >= 11 is 0. The van der Waals surface area contributed by atoms with E-state index in [1.165, 1.54) is 6.92 Å². The third kappa shape index (κ3) is 3.35. The van der Waals surface area contributed by atoms with Gasteiger partial charge in [0.05, 0.1) is 6.54 Å². The van der Waals surface area contributed by atoms with E-state index in [2.05, 4.69) is 16.6 Å². The quantitative estimate of drug-likeness (QED) is 0.736. The van der Waals surface area contributed by atoms with Crippen molar-refractivity contribution in [2.24, 2.45) is 0 Å². The highest BCUT2D eigenvalue weighted by molar-refractivity contribution is 5.89. The molecular weight excluding hydrogens is 188 g/mol. The fourth-order valence-corrected chi connectivity index (χ4v) is 1.24. The summed E-state index contributed by atoms with van der Waals surface area (Å²) in [6, 6.07) is 5.66. The summed E-state index contributed by atoms with van der Waals surface area (Å²) in [6.45, 7) is 3.94. The van der Waals surface area contributed by atoms with Crippen molar-refractivity contribution in [3.63, 3.8) is 0 Å². The Morgan fingerprint density at radius 3 is 2.87 bits per heavy atom. The molecule has 0 fully saturated rings. The molecule has 0 saturated carbocycles. The number of rotatable bonds is 3. The highest BCUT2D eigenvalue weighted by atomic mass is 16.1. The molecule has 15 heavy (non-hydrogen) atoms. The normalized spacial score (nSPS) is 9.13. The Labute approximate surface area is 89.9 Å². The van der Waals surface area contributed by atoms with Crippen LogP contribution in [0.5, 0.6) is 0 Å². The van der Waals surface area contributed by atoms with Gasteiger partial charge < -0.3 is 10.6 Å². The van der Waals surface area contributed by atoms with Gasteiger partial charge >= 0.3 is 0 Å². The van der Waals surface area contributed by atoms with E-state index < -0.39 is 0 Å². The van der Waals surface area contributed by atoms with Crippen LogP contribution in [-0.4, -0.2) is 12.5 Å². The molecule has 0 atom stereocenters. The van der Waals surface area contributed by atoms with Crippen LogP contribution in [0.2, 0.25) is 0 Å². The molecule has 0 radical (unpaired) electrons. The van der Waals surface area contributed by atoms with E-state index in [0.717, 1.165) is 16.9 Å². The first-order valence-electron chi connectivity index (χ1n) is 4.69. The van der Waals surface area contributed by atoms with Crippen LogP contribution in [-0.2, 0) is 4.79 Å². The molecule has 0 aromatic heterocycles. The molecule has 78 valence electrons. The van der Waals surface area contributed by atoms with Crippen molar-refractivity contribution in [2.45, 2.75) is 13.8 Å². The Hall–Kier alpha value is -1.95. The van der Waals surface area contributed by atoms with Gasteiger partial charge in [0.25, 0.3) is 0 Å². The average Bonchev–Trinajstić information content (AvgIpc) is 2.18. The van der Waals surface area contributed by atoms with Crippen molar-refractivity contribution >= 4 is 17.3 Å². The van der Waals surface area contributed by atoms with Gasteiger partial charge in [0.1, 0.15) is 0 Å². The Kier molecular flexibility index (Phi) is 3.75. The number of nitrogens with one attached hydrogen (secondary N) is 2. The summed E-state index contributed by atoms with van der Waals surface area (Å²) in [4.78, 5) is 10.9. The molecule has 1 aromatic rings. The van der Waals surface area contributed by atoms with Gasteiger partial charge in [0.2, 0.25) is 5.91 Å². The van der Waals surface area contributed by atoms with E-state index in [1.54, 1.807) is 0 Å². The van der Waals surface area contributed by atoms with Crippen LogP contribution in [0, 0.1) is 19.3 Å². The number of hydrogen-bond donors (Lipinski definition) is 2. The number of benzene rings is 1. The zero-order valence-corrected chi connectivity index (χ0v) is 8.92. The minimum absolute atomic E-state index is 0.0817. The first-order valence-corrected chi connectivity index (χ1v) is 4.69. The molecule has 3 heteroatoms. The summed E-state index contributed by atoms with van der Waals surface area (Å²) in [5.74, 6) is 2.42. The average molecular weight is 202 g/mol. The van der Waals surface area contributed by atoms with Gasteiger partial charge in [-0.25, -0.2) is 0 Å². The van der Waals surface area contributed by atoms with Gasteiger partial charge in [-0.3, -0.25) is 4.79 Å². The lowest BCUT2D eigenvalue weighted by molar-refractivity contribution is -0.114. The highest BCUT2D eigenvalue weighted by Gasteiger charge is 2.00. The number of carbonyl (C=O) groups excluding carboxylic acids is 1. The molecule has 0 aliphatic rings. The molecule has 1 rings (SSSR count). The summed E-state index contributed by atoms with van der Waals surface area (Å²) in [5.41, 5.74) is 2.81. The fraction of sp³-hybridized carbons (Fsp3) is 0.250. The second-order valence-corrected chi connectivity index (χ2v) is 3.27. The predicted octanol–water partition coefficient (Wildman–Crippen LogP) is 2.00. The van der Waals surface area contributed by atoms with Gasteiger partial charge in [0, 0.05) is 18.3 Å². The number of hydrogen-bond acceptors (Lipinski definition) is 2. The maximum Gasteiger partial charge on any atom is 0.221 e. The Balaban J connectivity index is 2.85. The van der Waals surface area contributed by atoms with Crippen LogP contribution < -0.4 is 10.6 Å². The van der Waals surface area contributed by atoms with Crippen molar-refractivity contribution in [3.8, 4) is 12.3 Å². The molecule has 0 aliphatic heterocycles. The number of amides is 1. The van der Waals surface area contributed by atoms with E-state index in [-0.39, 0.29) is 5.91 Å². The Bertz CT molecular complexity index is 405. The van der Waals surface area contributed by atoms with Crippen LogP contribution >= 0.6 is 0 Å². The predicted molar refractivity (Wildman–Crippen MR) is 62.8 cm³/mol. The summed E-state index contributed by atoms with van der Waals surface area (Å²) in [7, 11) is 0. The molecule has 0 aliphatic carbocycles. The van der Waals surface area contributed by atoms with E-state index in [1.807, 2.05) is 25.1 Å². The molecule has 1 amide bonds. The van der Waals surface area contributed by atoms with Crippen LogP contribution in [0.15, 0.2) is 18.2 Å². The van der Waals surface area contributed by atoms with Crippen molar-refractivity contribution in [2.75, 3.05) is 17.2 Å². The second kappa shape index (κ2) is 5.06. The SMILES string of the molecule is C#CCNc1cc(NC(C)=O)ccc1C. The number of terminal acetylenes is 1. The third-order valence-corrected chi connectivity index (χ3v) is 1.94. The largest absolute Gasteiger partial charge is 0.374 e. The van der Waals surface area contributed by atoms with Gasteiger partial charge in [-0.1, -0.05) is 12.0 Å². The standard InChI is InChI=1S/C12H14N2O/c1-4-7-13-12-8-11(14-10(3)15)6-5-9(12)2/h1,5-6,8,13H,7H2,2-3H3,(H,14,15). The zero-order valence-electron chi connectivity index (χ0n) is 8.92. The molecular formula is C12H14N2O. The van der Waals surface area contributed by atoms with Crippen molar-refractivity contribution in [1.82, 2.24) is 0 Å². The van der Waals surface area contributed by atoms with Crippen molar-refractivity contribution in [1.29, 1.82) is 0 Å². The monoisotopic (exact) mass is 202 g/mol. The molecule has 1 aromatic carbocycles. The zero-order chi connectivity index (χ0) is 11.3. The minimum atomic E-state index is -0.0817. The summed E-state index contributed by atoms with van der Waals surface area (Å²) < 4.78 is 0. The first kappa shape index (κ1) is 11.1. The molecule has 0 saturated heterocycles. The summed E-state index contributed by atoms with van der Waals surface area (Å²) in [5, 5.41) is 5.81. The van der Waals surface area contributed by atoms with Crippen molar-refractivity contribution in [3.05, 3.63) is 23.8 Å². The first-order chi connectivity index (χ1) is 7.13. The highest BCUT2D eigenvalue weighted by Crippen LogP contribution is 2.19. The molecule has 0 heterocycles. The van der Waals surface area contributed by atoms with Crippen LogP contribution in [0.25, 0.3) is 0 Å². The van der Waals surface area contributed by atoms with Gasteiger partial charge in [-0.15, -0.1) is 6.42 Å². The lowest BCUT2D eigenvalue weighted by atomic mass is 10.2. The Morgan fingerprint density at radius 1 is 1.53 bits per heavy atom. The molecule has 3 nitrogen and oxygen atoms in total. The van der Waals surface area contributed by atoms with Gasteiger partial charge in [-0.2, -0.15) is 0 Å². The van der Waals surface area contributed by atoms with E-state index in [9.17, 15) is 4.79 Å². The molecule has 0 unspecified atom stereocenters. The molecule has 0 spiro atoms. The smallest absolute Gasteiger partial charge is 0.221 e. The van der Waals surface area contributed by atoms with Crippen LogP contribution in [0.3, 0.4) is 0 Å². The number of anilines is 2. The summed E-state index contributed by atoms with van der Waals surface area (Å²) in [6.07, 6.45) is 5.16. The number of carbonyl (C=O) groups is 1. The van der Waals surface area contributed by atoms with E-state index in [4.69, 9.17) is 6.42 Å². The van der Waals surface area contributed by atoms with Crippen molar-refractivity contribution < 1.29 is 4.79 Å².